The Kier molecular flexibility index (Phi) is 5.23. The number of hydrogen-bond donors (Lipinski definition) is 2. The Morgan fingerprint density at radius 2 is 1.93 bits per heavy atom. The minimum Gasteiger partial charge on any atom is -0.455 e. The summed E-state index contributed by atoms with van der Waals surface area (Å²) >= 11 is 1.83. The SMILES string of the molecule is C[C@@H]1c2ccsc2CC[NH+]1CC(=O)Nc1ccccc1Oc1ccccc1. The van der Waals surface area contributed by atoms with Crippen molar-refractivity contribution in [2.45, 2.75) is 19.4 Å². The lowest BCUT2D eigenvalue weighted by Gasteiger charge is -2.30. The van der Waals surface area contributed by atoms with Gasteiger partial charge in [0.2, 0.25) is 0 Å². The maximum atomic E-state index is 12.7. The highest BCUT2D eigenvalue weighted by Gasteiger charge is 2.29. The van der Waals surface area contributed by atoms with Crippen LogP contribution < -0.4 is 15.0 Å². The third-order valence-corrected chi connectivity index (χ3v) is 6.05. The number of anilines is 1. The van der Waals surface area contributed by atoms with Crippen molar-refractivity contribution in [3.05, 3.63) is 76.5 Å². The van der Waals surface area contributed by atoms with Crippen LogP contribution in [0.15, 0.2) is 66.0 Å². The molecule has 2 aromatic carbocycles. The number of thiophene rings is 1. The van der Waals surface area contributed by atoms with Crippen molar-refractivity contribution in [3.8, 4) is 11.5 Å². The number of nitrogens with one attached hydrogen (secondary N) is 2. The molecule has 5 heteroatoms. The second-order valence-corrected chi connectivity index (χ2v) is 7.82. The van der Waals surface area contributed by atoms with Gasteiger partial charge in [0.15, 0.2) is 12.3 Å². The van der Waals surface area contributed by atoms with E-state index in [1.54, 1.807) is 0 Å². The normalized spacial score (nSPS) is 18.6. The van der Waals surface area contributed by atoms with E-state index in [1.165, 1.54) is 15.3 Å². The first-order chi connectivity index (χ1) is 13.2. The number of para-hydroxylation sites is 3. The number of carbonyl (C=O) groups is 1. The van der Waals surface area contributed by atoms with Gasteiger partial charge in [-0.2, -0.15) is 0 Å². The number of amides is 1. The molecule has 1 aromatic heterocycles. The van der Waals surface area contributed by atoms with E-state index >= 15 is 0 Å². The molecule has 0 bridgehead atoms. The van der Waals surface area contributed by atoms with E-state index in [0.29, 0.717) is 24.0 Å². The Labute approximate surface area is 163 Å². The van der Waals surface area contributed by atoms with Crippen molar-refractivity contribution in [1.29, 1.82) is 0 Å². The molecule has 138 valence electrons. The zero-order valence-electron chi connectivity index (χ0n) is 15.3. The summed E-state index contributed by atoms with van der Waals surface area (Å²) in [7, 11) is 0. The van der Waals surface area contributed by atoms with Gasteiger partial charge < -0.3 is 15.0 Å². The molecular weight excluding hydrogens is 356 g/mol. The molecule has 0 fully saturated rings. The van der Waals surface area contributed by atoms with Gasteiger partial charge in [-0.15, -0.1) is 11.3 Å². The molecule has 27 heavy (non-hydrogen) atoms. The predicted octanol–water partition coefficient (Wildman–Crippen LogP) is 3.68. The van der Waals surface area contributed by atoms with Crippen LogP contribution in [0, 0.1) is 0 Å². The van der Waals surface area contributed by atoms with E-state index < -0.39 is 0 Å². The van der Waals surface area contributed by atoms with Gasteiger partial charge in [-0.3, -0.25) is 4.79 Å². The van der Waals surface area contributed by atoms with Gasteiger partial charge in [0.1, 0.15) is 11.8 Å². The van der Waals surface area contributed by atoms with Gasteiger partial charge in [-0.25, -0.2) is 0 Å². The highest BCUT2D eigenvalue weighted by molar-refractivity contribution is 7.10. The third kappa shape index (κ3) is 4.04. The minimum absolute atomic E-state index is 0.0136. The molecule has 2 atom stereocenters. The molecule has 2 heterocycles. The highest BCUT2D eigenvalue weighted by atomic mass is 32.1. The average Bonchev–Trinajstić information content (AvgIpc) is 3.16. The number of fused-ring (bicyclic) bond motifs is 1. The quantitative estimate of drug-likeness (QED) is 0.710. The number of hydrogen-bond acceptors (Lipinski definition) is 3. The summed E-state index contributed by atoms with van der Waals surface area (Å²) in [5, 5.41) is 5.19. The van der Waals surface area contributed by atoms with Crippen LogP contribution in [-0.4, -0.2) is 19.0 Å². The van der Waals surface area contributed by atoms with E-state index in [9.17, 15) is 4.79 Å². The first-order valence-electron chi connectivity index (χ1n) is 9.23. The van der Waals surface area contributed by atoms with Crippen molar-refractivity contribution in [2.75, 3.05) is 18.4 Å². The second-order valence-electron chi connectivity index (χ2n) is 6.82. The number of benzene rings is 2. The van der Waals surface area contributed by atoms with E-state index in [4.69, 9.17) is 4.74 Å². The summed E-state index contributed by atoms with van der Waals surface area (Å²) in [5.74, 6) is 1.41. The lowest BCUT2D eigenvalue weighted by atomic mass is 10.0. The predicted molar refractivity (Wildman–Crippen MR) is 109 cm³/mol. The van der Waals surface area contributed by atoms with E-state index in [0.717, 1.165) is 18.7 Å². The number of carbonyl (C=O) groups excluding carboxylic acids is 1. The second kappa shape index (κ2) is 7.94. The molecule has 0 radical (unpaired) electrons. The van der Waals surface area contributed by atoms with Crippen LogP contribution in [0.2, 0.25) is 0 Å². The monoisotopic (exact) mass is 379 g/mol. The summed E-state index contributed by atoms with van der Waals surface area (Å²) in [6.07, 6.45) is 1.05. The number of quaternary nitrogens is 1. The molecule has 0 aliphatic carbocycles. The zero-order chi connectivity index (χ0) is 18.6. The molecule has 1 amide bonds. The van der Waals surface area contributed by atoms with Gasteiger partial charge in [-0.1, -0.05) is 30.3 Å². The molecule has 0 saturated heterocycles. The Bertz CT molecular complexity index is 923. The van der Waals surface area contributed by atoms with E-state index in [2.05, 4.69) is 23.7 Å². The maximum Gasteiger partial charge on any atom is 0.279 e. The van der Waals surface area contributed by atoms with Crippen molar-refractivity contribution in [1.82, 2.24) is 0 Å². The molecular formula is C22H23N2O2S+. The van der Waals surface area contributed by atoms with Gasteiger partial charge in [0.25, 0.3) is 5.91 Å². The standard InChI is InChI=1S/C22H22N2O2S/c1-16-18-12-14-27-21(18)11-13-24(16)15-22(25)23-19-9-5-6-10-20(19)26-17-7-3-2-4-8-17/h2-10,12,14,16H,11,13,15H2,1H3,(H,23,25)/p+1/t16-/m1/s1. The summed E-state index contributed by atoms with van der Waals surface area (Å²) in [4.78, 5) is 15.5. The summed E-state index contributed by atoms with van der Waals surface area (Å²) in [6, 6.07) is 19.7. The van der Waals surface area contributed by atoms with Crippen molar-refractivity contribution in [3.63, 3.8) is 0 Å². The first-order valence-corrected chi connectivity index (χ1v) is 10.1. The summed E-state index contributed by atoms with van der Waals surface area (Å²) in [6.45, 7) is 3.65. The minimum atomic E-state index is 0.0136. The smallest absolute Gasteiger partial charge is 0.279 e. The molecule has 0 spiro atoms. The molecule has 2 N–H and O–H groups in total. The van der Waals surface area contributed by atoms with Crippen LogP contribution in [0.25, 0.3) is 0 Å². The lowest BCUT2D eigenvalue weighted by Crippen LogP contribution is -3.14. The number of rotatable bonds is 5. The van der Waals surface area contributed by atoms with Crippen molar-refractivity contribution >= 4 is 22.9 Å². The van der Waals surface area contributed by atoms with Crippen LogP contribution in [0.1, 0.15) is 23.4 Å². The third-order valence-electron chi connectivity index (χ3n) is 5.05. The highest BCUT2D eigenvalue weighted by Crippen LogP contribution is 2.29. The van der Waals surface area contributed by atoms with Gasteiger partial charge in [-0.05, 0) is 42.6 Å². The van der Waals surface area contributed by atoms with Crippen LogP contribution in [0.3, 0.4) is 0 Å². The molecule has 1 aliphatic heterocycles. The van der Waals surface area contributed by atoms with Gasteiger partial charge in [0.05, 0.1) is 12.2 Å². The van der Waals surface area contributed by atoms with Crippen molar-refractivity contribution < 1.29 is 14.4 Å². The van der Waals surface area contributed by atoms with Crippen LogP contribution in [0.5, 0.6) is 11.5 Å². The molecule has 1 unspecified atom stereocenters. The first kappa shape index (κ1) is 17.8. The molecule has 1 aliphatic rings. The number of ether oxygens (including phenoxy) is 1. The topological polar surface area (TPSA) is 42.8 Å². The summed E-state index contributed by atoms with van der Waals surface area (Å²) in [5.41, 5.74) is 2.09. The molecule has 4 rings (SSSR count). The average molecular weight is 380 g/mol. The Balaban J connectivity index is 1.43. The van der Waals surface area contributed by atoms with Gasteiger partial charge >= 0.3 is 0 Å². The largest absolute Gasteiger partial charge is 0.455 e. The van der Waals surface area contributed by atoms with Crippen molar-refractivity contribution in [2.24, 2.45) is 0 Å². The van der Waals surface area contributed by atoms with E-state index in [-0.39, 0.29) is 5.91 Å². The maximum absolute atomic E-state index is 12.7. The van der Waals surface area contributed by atoms with Crippen LogP contribution in [-0.2, 0) is 11.2 Å². The Morgan fingerprint density at radius 3 is 2.78 bits per heavy atom. The lowest BCUT2D eigenvalue weighted by molar-refractivity contribution is -0.923. The van der Waals surface area contributed by atoms with Gasteiger partial charge in [0, 0.05) is 16.9 Å². The van der Waals surface area contributed by atoms with Crippen LogP contribution in [0.4, 0.5) is 5.69 Å². The van der Waals surface area contributed by atoms with E-state index in [1.807, 2.05) is 65.9 Å². The fourth-order valence-electron chi connectivity index (χ4n) is 3.57. The fourth-order valence-corrected chi connectivity index (χ4v) is 4.55. The molecule has 0 saturated carbocycles. The Morgan fingerprint density at radius 1 is 1.15 bits per heavy atom. The Hall–Kier alpha value is -2.63. The molecule has 3 aromatic rings. The fraction of sp³-hybridized carbons (Fsp3) is 0.227. The zero-order valence-corrected chi connectivity index (χ0v) is 16.1. The van der Waals surface area contributed by atoms with Crippen LogP contribution >= 0.6 is 11.3 Å². The molecule has 4 nitrogen and oxygen atoms in total. The summed E-state index contributed by atoms with van der Waals surface area (Å²) < 4.78 is 5.94.